The minimum absolute atomic E-state index is 0.0791. The molecule has 7 nitrogen and oxygen atoms in total. The molecule has 2 heterocycles. The summed E-state index contributed by atoms with van der Waals surface area (Å²) < 4.78 is 13.0. The standard InChI is InChI=1S/C22H26FN3O4/c23-15-7-5-14(6-8-15)20(28)24-16-9-11-25(12-10-16)19(27)13-26-21(29)17-3-1-2-4-18(17)22(26)30/h5-8,16-18H,1-4,9-13H2,(H,24,28). The third-order valence-electron chi connectivity index (χ3n) is 6.52. The van der Waals surface area contributed by atoms with E-state index < -0.39 is 5.82 Å². The first kappa shape index (κ1) is 20.5. The van der Waals surface area contributed by atoms with Gasteiger partial charge in [0.2, 0.25) is 17.7 Å². The molecule has 0 radical (unpaired) electrons. The lowest BCUT2D eigenvalue weighted by Gasteiger charge is -2.33. The number of benzene rings is 1. The first-order valence-electron chi connectivity index (χ1n) is 10.6. The maximum absolute atomic E-state index is 13.0. The summed E-state index contributed by atoms with van der Waals surface area (Å²) in [6.07, 6.45) is 4.56. The summed E-state index contributed by atoms with van der Waals surface area (Å²) in [6.45, 7) is 0.726. The molecular formula is C22H26FN3O4. The lowest BCUT2D eigenvalue weighted by atomic mass is 9.81. The molecule has 1 aliphatic carbocycles. The van der Waals surface area contributed by atoms with Crippen molar-refractivity contribution in [2.75, 3.05) is 19.6 Å². The highest BCUT2D eigenvalue weighted by Gasteiger charge is 2.48. The van der Waals surface area contributed by atoms with Crippen molar-refractivity contribution in [3.63, 3.8) is 0 Å². The lowest BCUT2D eigenvalue weighted by molar-refractivity contribution is -0.147. The summed E-state index contributed by atoms with van der Waals surface area (Å²) in [5.74, 6) is -1.76. The van der Waals surface area contributed by atoms with Gasteiger partial charge in [-0.25, -0.2) is 4.39 Å². The van der Waals surface area contributed by atoms with E-state index >= 15 is 0 Å². The molecule has 3 aliphatic rings. The largest absolute Gasteiger partial charge is 0.349 e. The quantitative estimate of drug-likeness (QED) is 0.759. The Morgan fingerprint density at radius 1 is 0.933 bits per heavy atom. The highest BCUT2D eigenvalue weighted by molar-refractivity contribution is 6.07. The van der Waals surface area contributed by atoms with E-state index in [2.05, 4.69) is 5.32 Å². The van der Waals surface area contributed by atoms with Crippen LogP contribution in [0.15, 0.2) is 24.3 Å². The molecule has 160 valence electrons. The highest BCUT2D eigenvalue weighted by Crippen LogP contribution is 2.37. The molecule has 4 rings (SSSR count). The molecule has 2 unspecified atom stereocenters. The van der Waals surface area contributed by atoms with E-state index in [1.807, 2.05) is 0 Å². The van der Waals surface area contributed by atoms with Crippen LogP contribution in [0.1, 0.15) is 48.9 Å². The van der Waals surface area contributed by atoms with Crippen molar-refractivity contribution in [1.29, 1.82) is 0 Å². The van der Waals surface area contributed by atoms with Gasteiger partial charge in [0.1, 0.15) is 12.4 Å². The normalized spacial score (nSPS) is 24.7. The van der Waals surface area contributed by atoms with Crippen molar-refractivity contribution in [3.05, 3.63) is 35.6 Å². The molecule has 0 spiro atoms. The fourth-order valence-corrected chi connectivity index (χ4v) is 4.77. The predicted molar refractivity (Wildman–Crippen MR) is 106 cm³/mol. The minimum Gasteiger partial charge on any atom is -0.349 e. The zero-order chi connectivity index (χ0) is 21.3. The molecule has 0 bridgehead atoms. The van der Waals surface area contributed by atoms with Gasteiger partial charge in [0, 0.05) is 24.7 Å². The minimum atomic E-state index is -0.396. The average Bonchev–Trinajstić information content (AvgIpc) is 3.00. The number of likely N-dealkylation sites (tertiary alicyclic amines) is 2. The van der Waals surface area contributed by atoms with Gasteiger partial charge >= 0.3 is 0 Å². The zero-order valence-corrected chi connectivity index (χ0v) is 16.8. The van der Waals surface area contributed by atoms with Gasteiger partial charge in [0.25, 0.3) is 5.91 Å². The highest BCUT2D eigenvalue weighted by atomic mass is 19.1. The second kappa shape index (κ2) is 8.53. The Hall–Kier alpha value is -2.77. The molecular weight excluding hydrogens is 389 g/mol. The Bertz CT molecular complexity index is 824. The Morgan fingerprint density at radius 2 is 1.50 bits per heavy atom. The van der Waals surface area contributed by atoms with E-state index in [-0.39, 0.29) is 48.1 Å². The number of hydrogen-bond acceptors (Lipinski definition) is 4. The molecule has 4 amide bonds. The van der Waals surface area contributed by atoms with E-state index in [4.69, 9.17) is 0 Å². The Morgan fingerprint density at radius 3 is 2.07 bits per heavy atom. The van der Waals surface area contributed by atoms with Crippen LogP contribution >= 0.6 is 0 Å². The van der Waals surface area contributed by atoms with Crippen molar-refractivity contribution in [2.45, 2.75) is 44.6 Å². The summed E-state index contributed by atoms with van der Waals surface area (Å²) in [6, 6.07) is 5.28. The maximum atomic E-state index is 13.0. The number of nitrogens with one attached hydrogen (secondary N) is 1. The zero-order valence-electron chi connectivity index (χ0n) is 16.8. The van der Waals surface area contributed by atoms with Crippen LogP contribution in [0, 0.1) is 17.7 Å². The molecule has 2 saturated heterocycles. The number of hydrogen-bond donors (Lipinski definition) is 1. The molecule has 0 aromatic heterocycles. The Balaban J connectivity index is 1.27. The van der Waals surface area contributed by atoms with Gasteiger partial charge in [-0.3, -0.25) is 24.1 Å². The maximum Gasteiger partial charge on any atom is 0.251 e. The Labute approximate surface area is 174 Å². The molecule has 1 aromatic carbocycles. The second-order valence-electron chi connectivity index (χ2n) is 8.40. The van der Waals surface area contributed by atoms with Gasteiger partial charge in [-0.15, -0.1) is 0 Å². The number of imide groups is 1. The summed E-state index contributed by atoms with van der Waals surface area (Å²) in [5, 5.41) is 2.92. The number of nitrogens with zero attached hydrogens (tertiary/aromatic N) is 2. The van der Waals surface area contributed by atoms with Crippen LogP contribution in [0.2, 0.25) is 0 Å². The third kappa shape index (κ3) is 4.08. The first-order valence-corrected chi connectivity index (χ1v) is 10.6. The van der Waals surface area contributed by atoms with Gasteiger partial charge in [-0.2, -0.15) is 0 Å². The van der Waals surface area contributed by atoms with Crippen LogP contribution in [0.4, 0.5) is 4.39 Å². The smallest absolute Gasteiger partial charge is 0.251 e. The number of rotatable bonds is 4. The Kier molecular flexibility index (Phi) is 5.83. The van der Waals surface area contributed by atoms with Gasteiger partial charge in [-0.1, -0.05) is 12.8 Å². The van der Waals surface area contributed by atoms with E-state index in [1.165, 1.54) is 24.3 Å². The molecule has 30 heavy (non-hydrogen) atoms. The van der Waals surface area contributed by atoms with Crippen molar-refractivity contribution < 1.29 is 23.6 Å². The van der Waals surface area contributed by atoms with Gasteiger partial charge in [-0.05, 0) is 49.9 Å². The monoisotopic (exact) mass is 415 g/mol. The molecule has 3 fully saturated rings. The molecule has 2 atom stereocenters. The number of amides is 4. The summed E-state index contributed by atoms with van der Waals surface area (Å²) in [4.78, 5) is 52.9. The van der Waals surface area contributed by atoms with E-state index in [1.54, 1.807) is 4.90 Å². The average molecular weight is 415 g/mol. The van der Waals surface area contributed by atoms with Crippen molar-refractivity contribution >= 4 is 23.6 Å². The first-order chi connectivity index (χ1) is 14.4. The lowest BCUT2D eigenvalue weighted by Crippen LogP contribution is -2.49. The van der Waals surface area contributed by atoms with Crippen LogP contribution in [0.5, 0.6) is 0 Å². The number of piperidine rings is 1. The van der Waals surface area contributed by atoms with E-state index in [0.29, 0.717) is 31.5 Å². The topological polar surface area (TPSA) is 86.8 Å². The molecule has 8 heteroatoms. The van der Waals surface area contributed by atoms with Gasteiger partial charge in [0.15, 0.2) is 0 Å². The van der Waals surface area contributed by atoms with Crippen LogP contribution < -0.4 is 5.32 Å². The number of fused-ring (bicyclic) bond motifs is 1. The SMILES string of the molecule is O=C(NC1CCN(C(=O)CN2C(=O)C3CCCCC3C2=O)CC1)c1ccc(F)cc1. The van der Waals surface area contributed by atoms with Gasteiger partial charge < -0.3 is 10.2 Å². The summed E-state index contributed by atoms with van der Waals surface area (Å²) in [5.41, 5.74) is 0.391. The fraction of sp³-hybridized carbons (Fsp3) is 0.545. The fourth-order valence-electron chi connectivity index (χ4n) is 4.77. The van der Waals surface area contributed by atoms with Crippen molar-refractivity contribution in [2.24, 2.45) is 11.8 Å². The molecule has 1 saturated carbocycles. The summed E-state index contributed by atoms with van der Waals surface area (Å²) >= 11 is 0. The third-order valence-corrected chi connectivity index (χ3v) is 6.52. The van der Waals surface area contributed by atoms with Crippen molar-refractivity contribution in [1.82, 2.24) is 15.1 Å². The van der Waals surface area contributed by atoms with Crippen molar-refractivity contribution in [3.8, 4) is 0 Å². The predicted octanol–water partition coefficient (Wildman–Crippen LogP) is 1.72. The molecule has 1 aromatic rings. The van der Waals surface area contributed by atoms with Gasteiger partial charge in [0.05, 0.1) is 11.8 Å². The summed E-state index contributed by atoms with van der Waals surface area (Å²) in [7, 11) is 0. The van der Waals surface area contributed by atoms with E-state index in [0.717, 1.165) is 30.6 Å². The number of halogens is 1. The number of carbonyl (C=O) groups excluding carboxylic acids is 4. The molecule has 1 N–H and O–H groups in total. The number of carbonyl (C=O) groups is 4. The second-order valence-corrected chi connectivity index (χ2v) is 8.40. The van der Waals surface area contributed by atoms with Crippen LogP contribution in [-0.2, 0) is 14.4 Å². The van der Waals surface area contributed by atoms with E-state index in [9.17, 15) is 23.6 Å². The molecule has 2 aliphatic heterocycles. The van der Waals surface area contributed by atoms with Crippen LogP contribution in [0.3, 0.4) is 0 Å². The van der Waals surface area contributed by atoms with Crippen LogP contribution in [-0.4, -0.2) is 59.1 Å². The van der Waals surface area contributed by atoms with Crippen LogP contribution in [0.25, 0.3) is 0 Å².